The lowest BCUT2D eigenvalue weighted by molar-refractivity contribution is -0.143. The number of hydrogen-bond acceptors (Lipinski definition) is 4. The van der Waals surface area contributed by atoms with Crippen molar-refractivity contribution >= 4 is 16.0 Å². The van der Waals surface area contributed by atoms with Crippen LogP contribution in [0.5, 0.6) is 0 Å². The summed E-state index contributed by atoms with van der Waals surface area (Å²) in [4.78, 5) is 11.4. The first-order valence-electron chi connectivity index (χ1n) is 7.83. The molecule has 0 unspecified atom stereocenters. The molecule has 0 heterocycles. The molecule has 0 spiro atoms. The van der Waals surface area contributed by atoms with Crippen LogP contribution in [0.1, 0.15) is 19.8 Å². The van der Waals surface area contributed by atoms with Crippen molar-refractivity contribution in [1.29, 1.82) is 0 Å². The maximum atomic E-state index is 12.2. The molecular formula is C18H21NO4S. The van der Waals surface area contributed by atoms with Gasteiger partial charge in [-0.05, 0) is 36.6 Å². The first kappa shape index (κ1) is 18.2. The summed E-state index contributed by atoms with van der Waals surface area (Å²) in [6, 6.07) is 16.5. The van der Waals surface area contributed by atoms with Crippen LogP contribution in [0.15, 0.2) is 59.5 Å². The zero-order chi connectivity index (χ0) is 17.4. The van der Waals surface area contributed by atoms with Gasteiger partial charge in [0.05, 0.1) is 11.5 Å². The molecule has 0 fully saturated rings. The van der Waals surface area contributed by atoms with E-state index >= 15 is 0 Å². The summed E-state index contributed by atoms with van der Waals surface area (Å²) in [7, 11) is -3.57. The van der Waals surface area contributed by atoms with Gasteiger partial charge in [0, 0.05) is 13.0 Å². The molecule has 128 valence electrons. The van der Waals surface area contributed by atoms with E-state index in [1.165, 1.54) is 0 Å². The van der Waals surface area contributed by atoms with E-state index in [-0.39, 0.29) is 23.8 Å². The second-order valence-electron chi connectivity index (χ2n) is 5.20. The molecule has 0 saturated heterocycles. The predicted octanol–water partition coefficient (Wildman–Crippen LogP) is 2.98. The number of nitrogens with one attached hydrogen (secondary N) is 1. The van der Waals surface area contributed by atoms with Crippen molar-refractivity contribution in [1.82, 2.24) is 4.72 Å². The lowest BCUT2D eigenvalue weighted by Crippen LogP contribution is -2.25. The summed E-state index contributed by atoms with van der Waals surface area (Å²) < 4.78 is 31.7. The van der Waals surface area contributed by atoms with E-state index in [2.05, 4.69) is 4.72 Å². The monoisotopic (exact) mass is 347 g/mol. The van der Waals surface area contributed by atoms with Crippen LogP contribution in [0, 0.1) is 0 Å². The maximum absolute atomic E-state index is 12.2. The molecule has 6 heteroatoms. The van der Waals surface area contributed by atoms with Crippen LogP contribution >= 0.6 is 0 Å². The van der Waals surface area contributed by atoms with Crippen LogP contribution < -0.4 is 4.72 Å². The standard InChI is InChI=1S/C18H21NO4S/c1-2-23-18(20)9-6-14-19-24(21,22)17-12-10-16(11-13-17)15-7-4-3-5-8-15/h3-5,7-8,10-13,19H,2,6,9,14H2,1H3. The molecule has 0 aliphatic carbocycles. The number of carbonyl (C=O) groups is 1. The fourth-order valence-corrected chi connectivity index (χ4v) is 3.29. The second-order valence-corrected chi connectivity index (χ2v) is 6.96. The third-order valence-corrected chi connectivity index (χ3v) is 4.90. The lowest BCUT2D eigenvalue weighted by atomic mass is 10.1. The average molecular weight is 347 g/mol. The van der Waals surface area contributed by atoms with E-state index in [9.17, 15) is 13.2 Å². The van der Waals surface area contributed by atoms with Gasteiger partial charge in [0.15, 0.2) is 0 Å². The second kappa shape index (κ2) is 8.61. The predicted molar refractivity (Wildman–Crippen MR) is 92.9 cm³/mol. The molecule has 0 aliphatic heterocycles. The van der Waals surface area contributed by atoms with Crippen LogP contribution in [0.3, 0.4) is 0 Å². The Labute approximate surface area is 142 Å². The minimum Gasteiger partial charge on any atom is -0.466 e. The van der Waals surface area contributed by atoms with Gasteiger partial charge in [-0.15, -0.1) is 0 Å². The largest absolute Gasteiger partial charge is 0.466 e. The summed E-state index contributed by atoms with van der Waals surface area (Å²) in [6.07, 6.45) is 0.601. The number of carbonyl (C=O) groups excluding carboxylic acids is 1. The fourth-order valence-electron chi connectivity index (χ4n) is 2.21. The van der Waals surface area contributed by atoms with Crippen molar-refractivity contribution < 1.29 is 17.9 Å². The van der Waals surface area contributed by atoms with Crippen molar-refractivity contribution in [2.24, 2.45) is 0 Å². The Balaban J connectivity index is 1.93. The maximum Gasteiger partial charge on any atom is 0.305 e. The average Bonchev–Trinajstić information content (AvgIpc) is 2.60. The molecule has 0 amide bonds. The number of ether oxygens (including phenoxy) is 1. The summed E-state index contributed by atoms with van der Waals surface area (Å²) in [6.45, 7) is 2.26. The molecule has 2 aromatic rings. The van der Waals surface area contributed by atoms with E-state index in [1.807, 2.05) is 30.3 Å². The molecule has 0 radical (unpaired) electrons. The van der Waals surface area contributed by atoms with E-state index in [0.29, 0.717) is 13.0 Å². The van der Waals surface area contributed by atoms with Crippen molar-refractivity contribution in [2.45, 2.75) is 24.7 Å². The van der Waals surface area contributed by atoms with Gasteiger partial charge in [0.1, 0.15) is 0 Å². The number of benzene rings is 2. The zero-order valence-corrected chi connectivity index (χ0v) is 14.4. The highest BCUT2D eigenvalue weighted by Gasteiger charge is 2.13. The van der Waals surface area contributed by atoms with Gasteiger partial charge < -0.3 is 4.74 Å². The molecule has 1 N–H and O–H groups in total. The van der Waals surface area contributed by atoms with Gasteiger partial charge in [0.25, 0.3) is 0 Å². The van der Waals surface area contributed by atoms with Gasteiger partial charge >= 0.3 is 5.97 Å². The topological polar surface area (TPSA) is 72.5 Å². The molecular weight excluding hydrogens is 326 g/mol. The lowest BCUT2D eigenvalue weighted by Gasteiger charge is -2.08. The molecule has 0 aromatic heterocycles. The first-order valence-corrected chi connectivity index (χ1v) is 9.32. The fraction of sp³-hybridized carbons (Fsp3) is 0.278. The third kappa shape index (κ3) is 5.18. The first-order chi connectivity index (χ1) is 11.5. The van der Waals surface area contributed by atoms with Crippen LogP contribution in [0.2, 0.25) is 0 Å². The zero-order valence-electron chi connectivity index (χ0n) is 13.6. The highest BCUT2D eigenvalue weighted by Crippen LogP contribution is 2.20. The molecule has 2 rings (SSSR count). The van der Waals surface area contributed by atoms with E-state index in [1.54, 1.807) is 31.2 Å². The van der Waals surface area contributed by atoms with E-state index < -0.39 is 10.0 Å². The Morgan fingerprint density at radius 1 is 1.00 bits per heavy atom. The van der Waals surface area contributed by atoms with Crippen molar-refractivity contribution in [3.05, 3.63) is 54.6 Å². The number of hydrogen-bond donors (Lipinski definition) is 1. The molecule has 0 saturated carbocycles. The third-order valence-electron chi connectivity index (χ3n) is 3.43. The van der Waals surface area contributed by atoms with Crippen molar-refractivity contribution in [3.63, 3.8) is 0 Å². The number of esters is 1. The van der Waals surface area contributed by atoms with Gasteiger partial charge in [-0.2, -0.15) is 0 Å². The summed E-state index contributed by atoms with van der Waals surface area (Å²) >= 11 is 0. The van der Waals surface area contributed by atoms with Gasteiger partial charge in [-0.1, -0.05) is 42.5 Å². The molecule has 0 aliphatic rings. The Morgan fingerprint density at radius 3 is 2.25 bits per heavy atom. The van der Waals surface area contributed by atoms with Gasteiger partial charge in [-0.25, -0.2) is 13.1 Å². The highest BCUT2D eigenvalue weighted by molar-refractivity contribution is 7.89. The van der Waals surface area contributed by atoms with Crippen molar-refractivity contribution in [3.8, 4) is 11.1 Å². The van der Waals surface area contributed by atoms with Crippen LogP contribution in [-0.4, -0.2) is 27.5 Å². The molecule has 5 nitrogen and oxygen atoms in total. The molecule has 2 aromatic carbocycles. The van der Waals surface area contributed by atoms with E-state index in [0.717, 1.165) is 11.1 Å². The Bertz CT molecular complexity index is 755. The quantitative estimate of drug-likeness (QED) is 0.588. The van der Waals surface area contributed by atoms with Gasteiger partial charge in [-0.3, -0.25) is 4.79 Å². The van der Waals surface area contributed by atoms with Crippen LogP contribution in [0.4, 0.5) is 0 Å². The smallest absolute Gasteiger partial charge is 0.305 e. The summed E-state index contributed by atoms with van der Waals surface area (Å²) in [5.74, 6) is -0.316. The van der Waals surface area contributed by atoms with Crippen LogP contribution in [0.25, 0.3) is 11.1 Å². The Kier molecular flexibility index (Phi) is 6.52. The summed E-state index contributed by atoms with van der Waals surface area (Å²) in [5, 5.41) is 0. The molecule has 0 bridgehead atoms. The SMILES string of the molecule is CCOC(=O)CCCNS(=O)(=O)c1ccc(-c2ccccc2)cc1. The van der Waals surface area contributed by atoms with Crippen molar-refractivity contribution in [2.75, 3.05) is 13.2 Å². The molecule has 24 heavy (non-hydrogen) atoms. The van der Waals surface area contributed by atoms with Gasteiger partial charge in [0.2, 0.25) is 10.0 Å². The van der Waals surface area contributed by atoms with E-state index in [4.69, 9.17) is 4.74 Å². The number of sulfonamides is 1. The minimum absolute atomic E-state index is 0.196. The normalized spacial score (nSPS) is 11.2. The summed E-state index contributed by atoms with van der Waals surface area (Å²) in [5.41, 5.74) is 1.99. The Morgan fingerprint density at radius 2 is 1.62 bits per heavy atom. The van der Waals surface area contributed by atoms with Crippen LogP contribution in [-0.2, 0) is 19.6 Å². The number of rotatable bonds is 8. The minimum atomic E-state index is -3.57. The molecule has 0 atom stereocenters. The highest BCUT2D eigenvalue weighted by atomic mass is 32.2. The Hall–Kier alpha value is -2.18.